The molecule has 0 spiro atoms. The molecule has 0 aromatic rings. The maximum atomic E-state index is 12.1. The lowest BCUT2D eigenvalue weighted by atomic mass is 9.86. The molecule has 0 radical (unpaired) electrons. The number of amides is 2. The highest BCUT2D eigenvalue weighted by Gasteiger charge is 2.53. The molecule has 112 valence electrons. The number of rotatable bonds is 2. The topological polar surface area (TPSA) is 60.9 Å². The van der Waals surface area contributed by atoms with E-state index in [1.165, 1.54) is 9.96 Å². The van der Waals surface area contributed by atoms with E-state index in [-0.39, 0.29) is 32.2 Å². The number of hydroxylamine groups is 2. The van der Waals surface area contributed by atoms with Gasteiger partial charge in [-0.25, -0.2) is 0 Å². The van der Waals surface area contributed by atoms with E-state index in [1.54, 1.807) is 0 Å². The molecule has 0 saturated carbocycles. The van der Waals surface area contributed by atoms with E-state index in [2.05, 4.69) is 31.9 Å². The minimum atomic E-state index is -0.494. The Bertz CT molecular complexity index is 490. The van der Waals surface area contributed by atoms with Crippen molar-refractivity contribution in [2.45, 2.75) is 45.2 Å². The van der Waals surface area contributed by atoms with Gasteiger partial charge in [-0.2, -0.15) is 5.06 Å². The highest BCUT2D eigenvalue weighted by Crippen LogP contribution is 2.44. The van der Waals surface area contributed by atoms with Crippen molar-refractivity contribution < 1.29 is 14.8 Å². The Hall–Kier alpha value is -0.240. The number of carbonyl (C=O) groups excluding carboxylic acids is 2. The Kier molecular flexibility index (Phi) is 3.95. The van der Waals surface area contributed by atoms with Crippen LogP contribution in [0.4, 0.5) is 0 Å². The van der Waals surface area contributed by atoms with Crippen LogP contribution >= 0.6 is 31.9 Å². The first-order valence-electron chi connectivity index (χ1n) is 6.41. The third-order valence-electron chi connectivity index (χ3n) is 4.33. The van der Waals surface area contributed by atoms with E-state index in [4.69, 9.17) is 0 Å². The summed E-state index contributed by atoms with van der Waals surface area (Å²) < 4.78 is 0.525. The van der Waals surface area contributed by atoms with Crippen LogP contribution in [-0.4, -0.2) is 44.6 Å². The molecule has 7 heteroatoms. The molecule has 1 N–H and O–H groups in total. The summed E-state index contributed by atoms with van der Waals surface area (Å²) in [6, 6.07) is 0. The Balaban J connectivity index is 2.21. The molecule has 20 heavy (non-hydrogen) atoms. The lowest BCUT2D eigenvalue weighted by Gasteiger charge is -2.36. The maximum Gasteiger partial charge on any atom is 0.269 e. The van der Waals surface area contributed by atoms with Gasteiger partial charge in [-0.15, -0.1) is 0 Å². The summed E-state index contributed by atoms with van der Waals surface area (Å²) in [7, 11) is 0. The molecule has 0 aromatic heterocycles. The maximum absolute atomic E-state index is 12.1. The summed E-state index contributed by atoms with van der Waals surface area (Å²) in [6.45, 7) is 8.05. The van der Waals surface area contributed by atoms with E-state index in [0.29, 0.717) is 13.0 Å². The van der Waals surface area contributed by atoms with Crippen molar-refractivity contribution in [3.05, 3.63) is 8.96 Å². The third kappa shape index (κ3) is 2.28. The summed E-state index contributed by atoms with van der Waals surface area (Å²) in [6.07, 6.45) is 0.711. The fraction of sp³-hybridized carbons (Fsp3) is 0.692. The standard InChI is InChI=1S/C13H18Br2N2O3/c1-12(2)5-7(13(3,4)17(12)20)6-16-10(18)8(14)9(15)11(16)19/h7,20H,5-6H2,1-4H3. The van der Waals surface area contributed by atoms with Crippen LogP contribution in [0.1, 0.15) is 34.1 Å². The van der Waals surface area contributed by atoms with Gasteiger partial charge in [-0.3, -0.25) is 14.5 Å². The van der Waals surface area contributed by atoms with Crippen LogP contribution in [0.15, 0.2) is 8.96 Å². The first-order chi connectivity index (χ1) is 9.00. The Morgan fingerprint density at radius 2 is 1.60 bits per heavy atom. The van der Waals surface area contributed by atoms with Crippen LogP contribution in [-0.2, 0) is 9.59 Å². The minimum Gasteiger partial charge on any atom is -0.313 e. The second-order valence-electron chi connectivity index (χ2n) is 6.53. The monoisotopic (exact) mass is 408 g/mol. The summed E-state index contributed by atoms with van der Waals surface area (Å²) in [4.78, 5) is 25.4. The Labute approximate surface area is 135 Å². The molecule has 2 heterocycles. The van der Waals surface area contributed by atoms with Gasteiger partial charge in [0.1, 0.15) is 8.96 Å². The first kappa shape index (κ1) is 16.1. The quantitative estimate of drug-likeness (QED) is 0.712. The average molecular weight is 410 g/mol. The zero-order valence-electron chi connectivity index (χ0n) is 11.9. The van der Waals surface area contributed by atoms with Gasteiger partial charge in [0, 0.05) is 17.6 Å². The van der Waals surface area contributed by atoms with Crippen molar-refractivity contribution in [2.75, 3.05) is 6.54 Å². The number of hydrogen-bond donors (Lipinski definition) is 1. The molecule has 0 bridgehead atoms. The Morgan fingerprint density at radius 1 is 1.15 bits per heavy atom. The molecule has 2 aliphatic heterocycles. The highest BCUT2D eigenvalue weighted by atomic mass is 79.9. The van der Waals surface area contributed by atoms with Crippen molar-refractivity contribution >= 4 is 43.7 Å². The third-order valence-corrected chi connectivity index (χ3v) is 6.33. The summed E-state index contributed by atoms with van der Waals surface area (Å²) in [5.41, 5.74) is -0.868. The molecular weight excluding hydrogens is 392 g/mol. The average Bonchev–Trinajstić information content (AvgIpc) is 2.62. The lowest BCUT2D eigenvalue weighted by molar-refractivity contribution is -0.197. The predicted octanol–water partition coefficient (Wildman–Crippen LogP) is 2.62. The minimum absolute atomic E-state index is 0.00843. The molecule has 0 aromatic carbocycles. The largest absolute Gasteiger partial charge is 0.313 e. The molecule has 1 saturated heterocycles. The lowest BCUT2D eigenvalue weighted by Crippen LogP contribution is -2.49. The van der Waals surface area contributed by atoms with Crippen LogP contribution in [0.2, 0.25) is 0 Å². The fourth-order valence-electron chi connectivity index (χ4n) is 3.08. The van der Waals surface area contributed by atoms with Gasteiger partial charge in [-0.1, -0.05) is 0 Å². The SMILES string of the molecule is CC1(C)CC(CN2C(=O)C(Br)=C(Br)C2=O)C(C)(C)N1O. The van der Waals surface area contributed by atoms with Crippen molar-refractivity contribution in [3.63, 3.8) is 0 Å². The zero-order valence-corrected chi connectivity index (χ0v) is 15.1. The zero-order chi connectivity index (χ0) is 15.5. The van der Waals surface area contributed by atoms with E-state index in [9.17, 15) is 14.8 Å². The van der Waals surface area contributed by atoms with Gasteiger partial charge < -0.3 is 5.21 Å². The molecule has 1 atom stereocenters. The van der Waals surface area contributed by atoms with Crippen molar-refractivity contribution in [1.29, 1.82) is 0 Å². The van der Waals surface area contributed by atoms with Gasteiger partial charge >= 0.3 is 0 Å². The molecule has 1 fully saturated rings. The smallest absolute Gasteiger partial charge is 0.269 e. The molecule has 2 amide bonds. The van der Waals surface area contributed by atoms with Gasteiger partial charge in [-0.05, 0) is 71.9 Å². The van der Waals surface area contributed by atoms with Crippen LogP contribution in [0.5, 0.6) is 0 Å². The molecule has 2 aliphatic rings. The van der Waals surface area contributed by atoms with Crippen LogP contribution in [0.25, 0.3) is 0 Å². The van der Waals surface area contributed by atoms with Crippen molar-refractivity contribution in [1.82, 2.24) is 9.96 Å². The second-order valence-corrected chi connectivity index (χ2v) is 8.11. The highest BCUT2D eigenvalue weighted by molar-refractivity contribution is 9.14. The molecule has 0 aliphatic carbocycles. The van der Waals surface area contributed by atoms with Gasteiger partial charge in [0.2, 0.25) is 0 Å². The number of carbonyl (C=O) groups is 2. The Morgan fingerprint density at radius 3 is 1.95 bits per heavy atom. The van der Waals surface area contributed by atoms with Gasteiger partial charge in [0.05, 0.1) is 0 Å². The summed E-state index contributed by atoms with van der Waals surface area (Å²) >= 11 is 6.25. The van der Waals surface area contributed by atoms with Crippen LogP contribution in [0.3, 0.4) is 0 Å². The van der Waals surface area contributed by atoms with Gasteiger partial charge in [0.15, 0.2) is 0 Å². The number of imide groups is 1. The molecule has 5 nitrogen and oxygen atoms in total. The first-order valence-corrected chi connectivity index (χ1v) is 7.99. The number of hydrogen-bond acceptors (Lipinski definition) is 4. The van der Waals surface area contributed by atoms with Crippen LogP contribution in [0, 0.1) is 5.92 Å². The van der Waals surface area contributed by atoms with E-state index < -0.39 is 5.54 Å². The van der Waals surface area contributed by atoms with E-state index >= 15 is 0 Å². The summed E-state index contributed by atoms with van der Waals surface area (Å²) in [5, 5.41) is 11.6. The van der Waals surface area contributed by atoms with Crippen molar-refractivity contribution in [2.24, 2.45) is 5.92 Å². The predicted molar refractivity (Wildman–Crippen MR) is 81.5 cm³/mol. The fourth-order valence-corrected chi connectivity index (χ4v) is 3.85. The number of halogens is 2. The molecule has 1 unspecified atom stereocenters. The normalized spacial score (nSPS) is 29.8. The van der Waals surface area contributed by atoms with Crippen molar-refractivity contribution in [3.8, 4) is 0 Å². The summed E-state index contributed by atoms with van der Waals surface area (Å²) in [5.74, 6) is -0.646. The second kappa shape index (κ2) is 4.90. The number of nitrogens with zero attached hydrogens (tertiary/aromatic N) is 2. The molecular formula is C13H18Br2N2O3. The molecule has 2 rings (SSSR count). The van der Waals surface area contributed by atoms with E-state index in [1.807, 2.05) is 27.7 Å². The van der Waals surface area contributed by atoms with E-state index in [0.717, 1.165) is 0 Å². The van der Waals surface area contributed by atoms with Crippen LogP contribution < -0.4 is 0 Å². The van der Waals surface area contributed by atoms with Gasteiger partial charge in [0.25, 0.3) is 11.8 Å².